The van der Waals surface area contributed by atoms with Gasteiger partial charge in [0.25, 0.3) is 0 Å². The molecular formula is C18H36N2O. The number of piperidine rings is 1. The molecule has 0 radical (unpaired) electrons. The summed E-state index contributed by atoms with van der Waals surface area (Å²) in [6.07, 6.45) is 5.21. The Morgan fingerprint density at radius 3 is 2.71 bits per heavy atom. The van der Waals surface area contributed by atoms with E-state index in [4.69, 9.17) is 4.74 Å². The molecule has 3 nitrogen and oxygen atoms in total. The standard InChI is InChI=1S/C18H36N2O/c1-6-19-17-11-14(2)10-15(3)16(17)12-20-9-7-8-18(4,13-20)21-5/h14-17,19H,6-13H2,1-5H3. The smallest absolute Gasteiger partial charge is 0.0777 e. The van der Waals surface area contributed by atoms with Crippen LogP contribution in [0.1, 0.15) is 53.4 Å². The van der Waals surface area contributed by atoms with Crippen molar-refractivity contribution in [1.29, 1.82) is 0 Å². The molecule has 0 aromatic carbocycles. The number of methoxy groups -OCH3 is 1. The van der Waals surface area contributed by atoms with Crippen molar-refractivity contribution < 1.29 is 4.74 Å². The summed E-state index contributed by atoms with van der Waals surface area (Å²) < 4.78 is 5.76. The summed E-state index contributed by atoms with van der Waals surface area (Å²) >= 11 is 0. The molecular weight excluding hydrogens is 260 g/mol. The summed E-state index contributed by atoms with van der Waals surface area (Å²) in [5, 5.41) is 3.76. The van der Waals surface area contributed by atoms with Crippen LogP contribution in [0.2, 0.25) is 0 Å². The van der Waals surface area contributed by atoms with Gasteiger partial charge < -0.3 is 15.0 Å². The lowest BCUT2D eigenvalue weighted by Crippen LogP contribution is -2.53. The van der Waals surface area contributed by atoms with Gasteiger partial charge in [-0.25, -0.2) is 0 Å². The van der Waals surface area contributed by atoms with Crippen LogP contribution < -0.4 is 5.32 Å². The van der Waals surface area contributed by atoms with Crippen LogP contribution in [0.3, 0.4) is 0 Å². The third kappa shape index (κ3) is 4.43. The van der Waals surface area contributed by atoms with Gasteiger partial charge >= 0.3 is 0 Å². The fourth-order valence-electron chi connectivity index (χ4n) is 4.64. The van der Waals surface area contributed by atoms with Crippen LogP contribution in [0.15, 0.2) is 0 Å². The summed E-state index contributed by atoms with van der Waals surface area (Å²) in [5.41, 5.74) is 0.0666. The Labute approximate surface area is 131 Å². The van der Waals surface area contributed by atoms with E-state index < -0.39 is 0 Å². The molecule has 1 heterocycles. The van der Waals surface area contributed by atoms with E-state index in [0.29, 0.717) is 6.04 Å². The average Bonchev–Trinajstić information content (AvgIpc) is 2.43. The summed E-state index contributed by atoms with van der Waals surface area (Å²) in [5.74, 6) is 2.49. The van der Waals surface area contributed by atoms with Crippen LogP contribution in [-0.4, -0.2) is 49.8 Å². The Balaban J connectivity index is 1.98. The highest BCUT2D eigenvalue weighted by atomic mass is 16.5. The number of ether oxygens (including phenoxy) is 1. The number of rotatable bonds is 5. The molecule has 0 aromatic heterocycles. The van der Waals surface area contributed by atoms with E-state index >= 15 is 0 Å². The monoisotopic (exact) mass is 296 g/mol. The Morgan fingerprint density at radius 1 is 1.29 bits per heavy atom. The summed E-state index contributed by atoms with van der Waals surface area (Å²) in [6, 6.07) is 0.699. The van der Waals surface area contributed by atoms with Crippen molar-refractivity contribution in [2.24, 2.45) is 17.8 Å². The molecule has 2 fully saturated rings. The zero-order valence-corrected chi connectivity index (χ0v) is 14.8. The second kappa shape index (κ2) is 7.43. The van der Waals surface area contributed by atoms with E-state index in [1.165, 1.54) is 38.8 Å². The van der Waals surface area contributed by atoms with Gasteiger partial charge in [0.1, 0.15) is 0 Å². The normalized spacial score (nSPS) is 42.1. The number of hydrogen-bond donors (Lipinski definition) is 1. The molecule has 0 aromatic rings. The molecule has 1 aliphatic carbocycles. The quantitative estimate of drug-likeness (QED) is 0.843. The minimum Gasteiger partial charge on any atom is -0.377 e. The van der Waals surface area contributed by atoms with Gasteiger partial charge in [-0.1, -0.05) is 20.8 Å². The molecule has 2 rings (SSSR count). The first-order valence-corrected chi connectivity index (χ1v) is 8.98. The minimum absolute atomic E-state index is 0.0666. The average molecular weight is 296 g/mol. The van der Waals surface area contributed by atoms with Crippen molar-refractivity contribution in [3.05, 3.63) is 0 Å². The number of nitrogens with zero attached hydrogens (tertiary/aromatic N) is 1. The molecule has 0 bridgehead atoms. The molecule has 21 heavy (non-hydrogen) atoms. The Hall–Kier alpha value is -0.120. The van der Waals surface area contributed by atoms with Crippen LogP contribution in [0, 0.1) is 17.8 Å². The van der Waals surface area contributed by atoms with Gasteiger partial charge in [0.15, 0.2) is 0 Å². The molecule has 1 aliphatic heterocycles. The first-order chi connectivity index (χ1) is 9.97. The number of likely N-dealkylation sites (tertiary alicyclic amines) is 1. The fraction of sp³-hybridized carbons (Fsp3) is 1.00. The van der Waals surface area contributed by atoms with Gasteiger partial charge in [0, 0.05) is 26.2 Å². The largest absolute Gasteiger partial charge is 0.377 e. The number of hydrogen-bond acceptors (Lipinski definition) is 3. The van der Waals surface area contributed by atoms with Crippen LogP contribution in [-0.2, 0) is 4.74 Å². The van der Waals surface area contributed by atoms with E-state index in [1.54, 1.807) is 0 Å². The van der Waals surface area contributed by atoms with E-state index in [0.717, 1.165) is 30.8 Å². The molecule has 1 N–H and O–H groups in total. The lowest BCUT2D eigenvalue weighted by molar-refractivity contribution is -0.0586. The zero-order valence-electron chi connectivity index (χ0n) is 14.8. The summed E-state index contributed by atoms with van der Waals surface area (Å²) in [6.45, 7) is 14.1. The lowest BCUT2D eigenvalue weighted by atomic mass is 9.72. The number of nitrogens with one attached hydrogen (secondary N) is 1. The summed E-state index contributed by atoms with van der Waals surface area (Å²) in [4.78, 5) is 2.66. The second-order valence-corrected chi connectivity index (χ2v) is 7.87. The first-order valence-electron chi connectivity index (χ1n) is 8.98. The molecule has 0 spiro atoms. The highest BCUT2D eigenvalue weighted by Crippen LogP contribution is 2.35. The van der Waals surface area contributed by atoms with Gasteiger partial charge in [-0.05, 0) is 63.5 Å². The van der Waals surface area contributed by atoms with Gasteiger partial charge in [-0.2, -0.15) is 0 Å². The van der Waals surface area contributed by atoms with E-state index in [1.807, 2.05) is 7.11 Å². The maximum atomic E-state index is 5.76. The molecule has 1 saturated heterocycles. The predicted octanol–water partition coefficient (Wildman–Crippen LogP) is 3.15. The van der Waals surface area contributed by atoms with Gasteiger partial charge in [-0.3, -0.25) is 0 Å². The van der Waals surface area contributed by atoms with Crippen molar-refractivity contribution in [2.75, 3.05) is 33.3 Å². The Kier molecular flexibility index (Phi) is 6.10. The molecule has 124 valence electrons. The molecule has 2 aliphatic rings. The van der Waals surface area contributed by atoms with Crippen molar-refractivity contribution >= 4 is 0 Å². The molecule has 5 unspecified atom stereocenters. The molecule has 5 atom stereocenters. The summed E-state index contributed by atoms with van der Waals surface area (Å²) in [7, 11) is 1.87. The van der Waals surface area contributed by atoms with E-state index in [2.05, 4.69) is 37.9 Å². The van der Waals surface area contributed by atoms with Gasteiger partial charge in [0.2, 0.25) is 0 Å². The van der Waals surface area contributed by atoms with Crippen LogP contribution >= 0.6 is 0 Å². The first kappa shape index (κ1) is 17.2. The third-order valence-electron chi connectivity index (χ3n) is 5.84. The van der Waals surface area contributed by atoms with Crippen molar-refractivity contribution in [3.63, 3.8) is 0 Å². The van der Waals surface area contributed by atoms with Crippen molar-refractivity contribution in [2.45, 2.75) is 65.0 Å². The maximum absolute atomic E-state index is 5.76. The molecule has 3 heteroatoms. The van der Waals surface area contributed by atoms with Crippen LogP contribution in [0.5, 0.6) is 0 Å². The zero-order chi connectivity index (χ0) is 15.5. The highest BCUT2D eigenvalue weighted by molar-refractivity contribution is 4.92. The van der Waals surface area contributed by atoms with Crippen LogP contribution in [0.25, 0.3) is 0 Å². The second-order valence-electron chi connectivity index (χ2n) is 7.87. The van der Waals surface area contributed by atoms with Crippen LogP contribution in [0.4, 0.5) is 0 Å². The molecule has 0 amide bonds. The fourth-order valence-corrected chi connectivity index (χ4v) is 4.64. The third-order valence-corrected chi connectivity index (χ3v) is 5.84. The van der Waals surface area contributed by atoms with E-state index in [-0.39, 0.29) is 5.60 Å². The Morgan fingerprint density at radius 2 is 2.05 bits per heavy atom. The van der Waals surface area contributed by atoms with Crippen molar-refractivity contribution in [1.82, 2.24) is 10.2 Å². The lowest BCUT2D eigenvalue weighted by Gasteiger charge is -2.46. The van der Waals surface area contributed by atoms with Gasteiger partial charge in [-0.15, -0.1) is 0 Å². The SMILES string of the molecule is CCNC1CC(C)CC(C)C1CN1CCCC(C)(OC)C1. The molecule has 1 saturated carbocycles. The minimum atomic E-state index is 0.0666. The van der Waals surface area contributed by atoms with E-state index in [9.17, 15) is 0 Å². The Bertz CT molecular complexity index is 322. The highest BCUT2D eigenvalue weighted by Gasteiger charge is 2.37. The maximum Gasteiger partial charge on any atom is 0.0777 e. The predicted molar refractivity (Wildman–Crippen MR) is 89.6 cm³/mol. The topological polar surface area (TPSA) is 24.5 Å². The van der Waals surface area contributed by atoms with Gasteiger partial charge in [0.05, 0.1) is 5.60 Å². The van der Waals surface area contributed by atoms with Crippen molar-refractivity contribution in [3.8, 4) is 0 Å².